The Balaban J connectivity index is 2.24. The molecule has 0 bridgehead atoms. The Hall–Kier alpha value is -1.40. The Morgan fingerprint density at radius 1 is 1.29 bits per heavy atom. The Kier molecular flexibility index (Phi) is 5.00. The van der Waals surface area contributed by atoms with Gasteiger partial charge in [-0.3, -0.25) is 0 Å². The molecule has 6 nitrogen and oxygen atoms in total. The number of hydrogen-bond donors (Lipinski definition) is 2. The quantitative estimate of drug-likeness (QED) is 0.588. The van der Waals surface area contributed by atoms with E-state index in [0.29, 0.717) is 0 Å². The molecule has 0 aliphatic heterocycles. The van der Waals surface area contributed by atoms with E-state index in [1.807, 2.05) is 0 Å². The van der Waals surface area contributed by atoms with Crippen molar-refractivity contribution in [2.75, 3.05) is 38.0 Å². The number of nitrogens with two attached hydrogens (primary N) is 1. The number of likely N-dealkylation sites (N-methyl/N-ethyl adjacent to an activating group) is 2. The molecule has 1 aliphatic rings. The zero-order chi connectivity index (χ0) is 15.5. The summed E-state index contributed by atoms with van der Waals surface area (Å²) in [4.78, 5) is 13.4. The first-order valence-corrected chi connectivity index (χ1v) is 7.73. The molecule has 1 heterocycles. The smallest absolute Gasteiger partial charge is 0.148 e. The van der Waals surface area contributed by atoms with Crippen LogP contribution in [0.15, 0.2) is 6.33 Å². The van der Waals surface area contributed by atoms with E-state index in [1.54, 1.807) is 6.33 Å². The van der Waals surface area contributed by atoms with Gasteiger partial charge in [0.05, 0.1) is 0 Å². The normalized spacial score (nSPS) is 16.7. The summed E-state index contributed by atoms with van der Waals surface area (Å²) in [6.45, 7) is 3.14. The highest BCUT2D eigenvalue weighted by molar-refractivity contribution is 5.58. The molecule has 0 radical (unpaired) electrons. The lowest BCUT2D eigenvalue weighted by Gasteiger charge is -2.49. The van der Waals surface area contributed by atoms with Crippen LogP contribution in [0.2, 0.25) is 0 Å². The van der Waals surface area contributed by atoms with Crippen LogP contribution in [-0.2, 0) is 6.42 Å². The van der Waals surface area contributed by atoms with Gasteiger partial charge < -0.3 is 15.2 Å². The summed E-state index contributed by atoms with van der Waals surface area (Å²) in [5.41, 5.74) is 4.09. The summed E-state index contributed by atoms with van der Waals surface area (Å²) in [7, 11) is 6.46. The number of rotatable bonds is 7. The van der Waals surface area contributed by atoms with Gasteiger partial charge in [0.15, 0.2) is 0 Å². The number of nitrogen functional groups attached to an aromatic ring is 1. The van der Waals surface area contributed by atoms with Crippen molar-refractivity contribution in [3.63, 3.8) is 0 Å². The maximum absolute atomic E-state index is 5.60. The molecule has 0 aromatic carbocycles. The zero-order valence-corrected chi connectivity index (χ0v) is 13.7. The molecule has 3 N–H and O–H groups in total. The third-order valence-electron chi connectivity index (χ3n) is 4.69. The molecule has 1 saturated carbocycles. The Morgan fingerprint density at radius 3 is 2.48 bits per heavy atom. The SMILES string of the molecule is CCCc1c(NN)ncnc1N(C)CC1(N(C)C)CCC1. The van der Waals surface area contributed by atoms with Gasteiger partial charge in [-0.25, -0.2) is 15.8 Å². The molecule has 0 unspecified atom stereocenters. The van der Waals surface area contributed by atoms with Crippen LogP contribution in [0.3, 0.4) is 0 Å². The monoisotopic (exact) mass is 292 g/mol. The lowest BCUT2D eigenvalue weighted by molar-refractivity contribution is 0.0681. The highest BCUT2D eigenvalue weighted by Gasteiger charge is 2.40. The maximum Gasteiger partial charge on any atom is 0.148 e. The van der Waals surface area contributed by atoms with Gasteiger partial charge in [-0.1, -0.05) is 13.3 Å². The van der Waals surface area contributed by atoms with Gasteiger partial charge in [0, 0.05) is 24.7 Å². The fourth-order valence-electron chi connectivity index (χ4n) is 3.18. The standard InChI is InChI=1S/C15H28N6/c1-5-7-12-13(19-16)17-11-18-14(12)21(4)10-15(20(2)3)8-6-9-15/h11H,5-10,16H2,1-4H3,(H,17,18,19). The van der Waals surface area contributed by atoms with Crippen molar-refractivity contribution < 1.29 is 0 Å². The van der Waals surface area contributed by atoms with E-state index in [4.69, 9.17) is 5.84 Å². The molecule has 1 fully saturated rings. The second-order valence-electron chi connectivity index (χ2n) is 6.25. The summed E-state index contributed by atoms with van der Waals surface area (Å²) in [6.07, 6.45) is 7.37. The van der Waals surface area contributed by atoms with Gasteiger partial charge in [-0.15, -0.1) is 0 Å². The van der Waals surface area contributed by atoms with E-state index in [9.17, 15) is 0 Å². The van der Waals surface area contributed by atoms with Crippen LogP contribution in [0.5, 0.6) is 0 Å². The van der Waals surface area contributed by atoms with E-state index in [0.717, 1.165) is 36.6 Å². The molecular formula is C15H28N6. The number of anilines is 2. The Morgan fingerprint density at radius 2 is 2.00 bits per heavy atom. The van der Waals surface area contributed by atoms with Crippen LogP contribution in [-0.4, -0.2) is 48.1 Å². The van der Waals surface area contributed by atoms with Crippen molar-refractivity contribution in [3.05, 3.63) is 11.9 Å². The van der Waals surface area contributed by atoms with Gasteiger partial charge in [0.1, 0.15) is 18.0 Å². The molecule has 6 heteroatoms. The molecule has 0 saturated heterocycles. The maximum atomic E-state index is 5.60. The number of hydrogen-bond acceptors (Lipinski definition) is 6. The number of nitrogens with zero attached hydrogens (tertiary/aromatic N) is 4. The summed E-state index contributed by atoms with van der Waals surface area (Å²) in [6, 6.07) is 0. The van der Waals surface area contributed by atoms with Crippen LogP contribution in [0.1, 0.15) is 38.2 Å². The van der Waals surface area contributed by atoms with Crippen molar-refractivity contribution in [1.82, 2.24) is 14.9 Å². The molecule has 2 rings (SSSR count). The van der Waals surface area contributed by atoms with Crippen LogP contribution >= 0.6 is 0 Å². The fraction of sp³-hybridized carbons (Fsp3) is 0.733. The first kappa shape index (κ1) is 16.0. The highest BCUT2D eigenvalue weighted by atomic mass is 15.3. The van der Waals surface area contributed by atoms with Crippen LogP contribution < -0.4 is 16.2 Å². The number of aromatic nitrogens is 2. The molecule has 0 atom stereocenters. The highest BCUT2D eigenvalue weighted by Crippen LogP contribution is 2.38. The molecule has 1 aliphatic carbocycles. The predicted molar refractivity (Wildman–Crippen MR) is 87.4 cm³/mol. The van der Waals surface area contributed by atoms with Gasteiger partial charge in [0.2, 0.25) is 0 Å². The fourth-order valence-corrected chi connectivity index (χ4v) is 3.18. The topological polar surface area (TPSA) is 70.3 Å². The van der Waals surface area contributed by atoms with Gasteiger partial charge in [-0.05, 0) is 39.8 Å². The van der Waals surface area contributed by atoms with E-state index >= 15 is 0 Å². The van der Waals surface area contributed by atoms with Gasteiger partial charge in [0.25, 0.3) is 0 Å². The van der Waals surface area contributed by atoms with Crippen molar-refractivity contribution in [3.8, 4) is 0 Å². The lowest BCUT2D eigenvalue weighted by Crippen LogP contribution is -2.57. The molecule has 118 valence electrons. The number of nitrogens with one attached hydrogen (secondary N) is 1. The summed E-state index contributed by atoms with van der Waals surface area (Å²) < 4.78 is 0. The average Bonchev–Trinajstić information content (AvgIpc) is 2.42. The van der Waals surface area contributed by atoms with E-state index in [-0.39, 0.29) is 5.54 Å². The molecule has 1 aromatic heterocycles. The minimum absolute atomic E-state index is 0.277. The Bertz CT molecular complexity index is 469. The second kappa shape index (κ2) is 6.58. The van der Waals surface area contributed by atoms with Crippen LogP contribution in [0, 0.1) is 0 Å². The van der Waals surface area contributed by atoms with Gasteiger partial charge in [-0.2, -0.15) is 0 Å². The van der Waals surface area contributed by atoms with Gasteiger partial charge >= 0.3 is 0 Å². The third-order valence-corrected chi connectivity index (χ3v) is 4.69. The first-order chi connectivity index (χ1) is 10.0. The summed E-state index contributed by atoms with van der Waals surface area (Å²) >= 11 is 0. The van der Waals surface area contributed by atoms with Crippen molar-refractivity contribution in [2.45, 2.75) is 44.6 Å². The summed E-state index contributed by atoms with van der Waals surface area (Å²) in [5, 5.41) is 0. The second-order valence-corrected chi connectivity index (χ2v) is 6.25. The van der Waals surface area contributed by atoms with E-state index in [1.165, 1.54) is 19.3 Å². The predicted octanol–water partition coefficient (Wildman–Crippen LogP) is 1.64. The Labute approximate surface area is 127 Å². The lowest BCUT2D eigenvalue weighted by atomic mass is 9.75. The van der Waals surface area contributed by atoms with Crippen molar-refractivity contribution in [1.29, 1.82) is 0 Å². The van der Waals surface area contributed by atoms with Crippen molar-refractivity contribution >= 4 is 11.6 Å². The van der Waals surface area contributed by atoms with Crippen LogP contribution in [0.4, 0.5) is 11.6 Å². The average molecular weight is 292 g/mol. The summed E-state index contributed by atoms with van der Waals surface area (Å²) in [5.74, 6) is 7.33. The minimum atomic E-state index is 0.277. The first-order valence-electron chi connectivity index (χ1n) is 7.73. The number of hydrazine groups is 1. The largest absolute Gasteiger partial charge is 0.357 e. The minimum Gasteiger partial charge on any atom is -0.357 e. The van der Waals surface area contributed by atoms with Crippen LogP contribution in [0.25, 0.3) is 0 Å². The van der Waals surface area contributed by atoms with E-state index < -0.39 is 0 Å². The molecular weight excluding hydrogens is 264 g/mol. The molecule has 0 spiro atoms. The van der Waals surface area contributed by atoms with Crippen molar-refractivity contribution in [2.24, 2.45) is 5.84 Å². The molecule has 0 amide bonds. The molecule has 1 aromatic rings. The van der Waals surface area contributed by atoms with E-state index in [2.05, 4.69) is 53.3 Å². The molecule has 21 heavy (non-hydrogen) atoms. The zero-order valence-electron chi connectivity index (χ0n) is 13.7. The third kappa shape index (κ3) is 3.11.